The summed E-state index contributed by atoms with van der Waals surface area (Å²) in [4.78, 5) is 36.1. The van der Waals surface area contributed by atoms with Crippen molar-refractivity contribution >= 4 is 11.6 Å². The van der Waals surface area contributed by atoms with Crippen molar-refractivity contribution in [3.05, 3.63) is 59.3 Å². The minimum atomic E-state index is -0.0845. The van der Waals surface area contributed by atoms with Crippen LogP contribution in [0.5, 0.6) is 0 Å². The lowest BCUT2D eigenvalue weighted by atomic mass is 10.0. The molecular formula is C24H33N5O2. The highest BCUT2D eigenvalue weighted by molar-refractivity contribution is 5.87. The largest absolute Gasteiger partial charge is 0.364 e. The summed E-state index contributed by atoms with van der Waals surface area (Å²) in [6.45, 7) is 9.06. The van der Waals surface area contributed by atoms with Crippen molar-refractivity contribution < 1.29 is 4.79 Å². The number of amides is 1. The molecule has 0 aromatic carbocycles. The standard InChI is InChI=1S/C24H33N5O2/c1-4-29(22-16-20(17-27-24(22)31)19-7-12-25-13-8-19)21-9-14-28(15-10-21)23(30)6-5-11-26-18(2)3/h5-8,12-13,16-18,21,26H,4,9-11,14-15H2,1-3H3,(H,27,31)/b6-5+. The smallest absolute Gasteiger partial charge is 0.271 e. The van der Waals surface area contributed by atoms with E-state index in [4.69, 9.17) is 0 Å². The van der Waals surface area contributed by atoms with Crippen LogP contribution in [0.15, 0.2) is 53.7 Å². The van der Waals surface area contributed by atoms with Crippen molar-refractivity contribution in [3.8, 4) is 11.1 Å². The van der Waals surface area contributed by atoms with Gasteiger partial charge in [-0.05, 0) is 43.5 Å². The molecule has 0 unspecified atom stereocenters. The maximum absolute atomic E-state index is 12.6. The first-order valence-electron chi connectivity index (χ1n) is 11.1. The van der Waals surface area contributed by atoms with E-state index in [0.29, 0.717) is 31.4 Å². The van der Waals surface area contributed by atoms with Crippen LogP contribution in [-0.2, 0) is 4.79 Å². The highest BCUT2D eigenvalue weighted by Crippen LogP contribution is 2.25. The predicted octanol–water partition coefficient (Wildman–Crippen LogP) is 2.81. The fourth-order valence-electron chi connectivity index (χ4n) is 3.99. The Morgan fingerprint density at radius 2 is 2.00 bits per heavy atom. The summed E-state index contributed by atoms with van der Waals surface area (Å²) in [5, 5.41) is 3.27. The molecule has 1 fully saturated rings. The van der Waals surface area contributed by atoms with Gasteiger partial charge in [0.25, 0.3) is 5.56 Å². The third kappa shape index (κ3) is 6.04. The number of H-pyrrole nitrogens is 1. The molecule has 3 rings (SSSR count). The predicted molar refractivity (Wildman–Crippen MR) is 125 cm³/mol. The topological polar surface area (TPSA) is 81.3 Å². The number of hydrogen-bond donors (Lipinski definition) is 2. The van der Waals surface area contributed by atoms with Crippen molar-refractivity contribution in [1.29, 1.82) is 0 Å². The van der Waals surface area contributed by atoms with Crippen LogP contribution < -0.4 is 15.8 Å². The fourth-order valence-corrected chi connectivity index (χ4v) is 3.99. The second-order valence-electron chi connectivity index (χ2n) is 8.15. The Morgan fingerprint density at radius 3 is 2.65 bits per heavy atom. The Bertz CT molecular complexity index is 930. The first-order chi connectivity index (χ1) is 15.0. The minimum Gasteiger partial charge on any atom is -0.364 e. The summed E-state index contributed by atoms with van der Waals surface area (Å²) < 4.78 is 0. The molecule has 0 bridgehead atoms. The van der Waals surface area contributed by atoms with Crippen LogP contribution in [0.25, 0.3) is 11.1 Å². The molecule has 3 heterocycles. The van der Waals surface area contributed by atoms with E-state index in [1.54, 1.807) is 24.7 Å². The number of aromatic nitrogens is 2. The monoisotopic (exact) mass is 423 g/mol. The Hall–Kier alpha value is -2.93. The van der Waals surface area contributed by atoms with Crippen LogP contribution in [-0.4, -0.2) is 59.0 Å². The van der Waals surface area contributed by atoms with Crippen molar-refractivity contribution in [1.82, 2.24) is 20.2 Å². The zero-order valence-electron chi connectivity index (χ0n) is 18.7. The van der Waals surface area contributed by atoms with Gasteiger partial charge in [0.1, 0.15) is 5.69 Å². The van der Waals surface area contributed by atoms with Crippen LogP contribution >= 0.6 is 0 Å². The number of carbonyl (C=O) groups is 1. The lowest BCUT2D eigenvalue weighted by molar-refractivity contribution is -0.127. The molecule has 1 aliphatic heterocycles. The summed E-state index contributed by atoms with van der Waals surface area (Å²) in [6, 6.07) is 6.45. The maximum Gasteiger partial charge on any atom is 0.271 e. The van der Waals surface area contributed by atoms with Gasteiger partial charge in [-0.15, -0.1) is 0 Å². The van der Waals surface area contributed by atoms with Crippen molar-refractivity contribution in [3.63, 3.8) is 0 Å². The minimum absolute atomic E-state index is 0.0598. The molecule has 1 amide bonds. The molecule has 1 aliphatic rings. The van der Waals surface area contributed by atoms with Crippen molar-refractivity contribution in [2.45, 2.75) is 45.7 Å². The molecule has 2 aromatic heterocycles. The Morgan fingerprint density at radius 1 is 1.29 bits per heavy atom. The van der Waals surface area contributed by atoms with Crippen LogP contribution in [0, 0.1) is 0 Å². The van der Waals surface area contributed by atoms with Gasteiger partial charge in [-0.1, -0.05) is 19.9 Å². The quantitative estimate of drug-likeness (QED) is 0.638. The van der Waals surface area contributed by atoms with E-state index in [0.717, 1.165) is 30.5 Å². The van der Waals surface area contributed by atoms with E-state index in [1.807, 2.05) is 29.2 Å². The molecule has 2 aromatic rings. The molecule has 0 spiro atoms. The SMILES string of the molecule is CCN(c1cc(-c2ccncc2)c[nH]c1=O)C1CCN(C(=O)/C=C/CNC(C)C)CC1. The molecule has 0 radical (unpaired) electrons. The molecule has 31 heavy (non-hydrogen) atoms. The lowest BCUT2D eigenvalue weighted by Crippen LogP contribution is -2.47. The first kappa shape index (κ1) is 22.7. The number of pyridine rings is 2. The lowest BCUT2D eigenvalue weighted by Gasteiger charge is -2.38. The van der Waals surface area contributed by atoms with E-state index >= 15 is 0 Å². The van der Waals surface area contributed by atoms with Crippen LogP contribution in [0.3, 0.4) is 0 Å². The van der Waals surface area contributed by atoms with Gasteiger partial charge in [0.15, 0.2) is 0 Å². The molecule has 0 atom stereocenters. The van der Waals surface area contributed by atoms with E-state index in [2.05, 4.69) is 41.0 Å². The average molecular weight is 424 g/mol. The van der Waals surface area contributed by atoms with E-state index in [1.165, 1.54) is 0 Å². The average Bonchev–Trinajstić information content (AvgIpc) is 2.79. The van der Waals surface area contributed by atoms with Gasteiger partial charge < -0.3 is 20.1 Å². The second-order valence-corrected chi connectivity index (χ2v) is 8.15. The van der Waals surface area contributed by atoms with Gasteiger partial charge >= 0.3 is 0 Å². The molecule has 7 heteroatoms. The Kier molecular flexibility index (Phi) is 8.00. The van der Waals surface area contributed by atoms with Gasteiger partial charge in [0.05, 0.1) is 0 Å². The highest BCUT2D eigenvalue weighted by atomic mass is 16.2. The van der Waals surface area contributed by atoms with E-state index in [9.17, 15) is 9.59 Å². The third-order valence-corrected chi connectivity index (χ3v) is 5.67. The number of anilines is 1. The van der Waals surface area contributed by atoms with Gasteiger partial charge in [-0.2, -0.15) is 0 Å². The zero-order chi connectivity index (χ0) is 22.2. The van der Waals surface area contributed by atoms with E-state index in [-0.39, 0.29) is 17.5 Å². The van der Waals surface area contributed by atoms with Crippen molar-refractivity contribution in [2.24, 2.45) is 0 Å². The van der Waals surface area contributed by atoms with Crippen molar-refractivity contribution in [2.75, 3.05) is 31.1 Å². The summed E-state index contributed by atoms with van der Waals surface area (Å²) in [5.74, 6) is 0.0598. The number of nitrogens with zero attached hydrogens (tertiary/aromatic N) is 3. The van der Waals surface area contributed by atoms with Gasteiger partial charge in [0, 0.05) is 68.5 Å². The molecule has 7 nitrogen and oxygen atoms in total. The number of likely N-dealkylation sites (tertiary alicyclic amines) is 1. The number of nitrogens with one attached hydrogen (secondary N) is 2. The number of piperidine rings is 1. The number of carbonyl (C=O) groups excluding carboxylic acids is 1. The highest BCUT2D eigenvalue weighted by Gasteiger charge is 2.27. The van der Waals surface area contributed by atoms with Gasteiger partial charge in [-0.3, -0.25) is 14.6 Å². The summed E-state index contributed by atoms with van der Waals surface area (Å²) in [6.07, 6.45) is 10.5. The second kappa shape index (κ2) is 10.9. The molecule has 1 saturated heterocycles. The summed E-state index contributed by atoms with van der Waals surface area (Å²) in [7, 11) is 0. The molecule has 0 saturated carbocycles. The van der Waals surface area contributed by atoms with Gasteiger partial charge in [0.2, 0.25) is 5.91 Å². The molecule has 0 aliphatic carbocycles. The zero-order valence-corrected chi connectivity index (χ0v) is 18.7. The van der Waals surface area contributed by atoms with Crippen LogP contribution in [0.4, 0.5) is 5.69 Å². The van der Waals surface area contributed by atoms with Crippen LogP contribution in [0.1, 0.15) is 33.6 Å². The molecule has 2 N–H and O–H groups in total. The third-order valence-electron chi connectivity index (χ3n) is 5.67. The fraction of sp³-hybridized carbons (Fsp3) is 0.458. The maximum atomic E-state index is 12.6. The first-order valence-corrected chi connectivity index (χ1v) is 11.1. The Balaban J connectivity index is 1.65. The molecule has 166 valence electrons. The Labute approximate surface area is 184 Å². The molecular weight excluding hydrogens is 390 g/mol. The van der Waals surface area contributed by atoms with E-state index < -0.39 is 0 Å². The summed E-state index contributed by atoms with van der Waals surface area (Å²) >= 11 is 0. The van der Waals surface area contributed by atoms with Crippen LogP contribution in [0.2, 0.25) is 0 Å². The number of rotatable bonds is 8. The van der Waals surface area contributed by atoms with Gasteiger partial charge in [-0.25, -0.2) is 0 Å². The number of hydrogen-bond acceptors (Lipinski definition) is 5. The number of aromatic amines is 1. The summed E-state index contributed by atoms with van der Waals surface area (Å²) in [5.41, 5.74) is 2.57. The normalized spacial score (nSPS) is 15.0.